The third-order valence-electron chi connectivity index (χ3n) is 3.78. The van der Waals surface area contributed by atoms with E-state index < -0.39 is 0 Å². The number of amides is 1. The average Bonchev–Trinajstić information content (AvgIpc) is 2.84. The van der Waals surface area contributed by atoms with Gasteiger partial charge in [0.1, 0.15) is 0 Å². The highest BCUT2D eigenvalue weighted by atomic mass is 16.1. The van der Waals surface area contributed by atoms with E-state index in [0.29, 0.717) is 5.56 Å². The fraction of sp³-hybridized carbons (Fsp3) is 0.167. The molecule has 3 heteroatoms. The molecule has 1 heterocycles. The molecule has 1 aromatic heterocycles. The fourth-order valence-electron chi connectivity index (χ4n) is 2.60. The van der Waals surface area contributed by atoms with Crippen molar-refractivity contribution in [1.82, 2.24) is 4.57 Å². The SMILES string of the molecule is Cc1ccc(C)c(NC(=O)c2cccc3ccn(C)c23)c1. The second kappa shape index (κ2) is 5.09. The van der Waals surface area contributed by atoms with E-state index in [4.69, 9.17) is 0 Å². The Balaban J connectivity index is 2.01. The number of aromatic nitrogens is 1. The first-order valence-electron chi connectivity index (χ1n) is 6.99. The number of anilines is 1. The van der Waals surface area contributed by atoms with Gasteiger partial charge in [0.25, 0.3) is 5.91 Å². The highest BCUT2D eigenvalue weighted by molar-refractivity contribution is 6.12. The molecule has 0 atom stereocenters. The van der Waals surface area contributed by atoms with Crippen molar-refractivity contribution < 1.29 is 4.79 Å². The van der Waals surface area contributed by atoms with E-state index in [1.165, 1.54) is 0 Å². The number of rotatable bonds is 2. The number of benzene rings is 2. The highest BCUT2D eigenvalue weighted by Gasteiger charge is 2.13. The molecule has 3 aromatic rings. The largest absolute Gasteiger partial charge is 0.350 e. The summed E-state index contributed by atoms with van der Waals surface area (Å²) in [4.78, 5) is 12.6. The molecule has 3 rings (SSSR count). The predicted molar refractivity (Wildman–Crippen MR) is 86.8 cm³/mol. The first kappa shape index (κ1) is 13.4. The maximum Gasteiger partial charge on any atom is 0.257 e. The van der Waals surface area contributed by atoms with Gasteiger partial charge in [-0.3, -0.25) is 4.79 Å². The molecule has 0 aliphatic carbocycles. The van der Waals surface area contributed by atoms with Crippen molar-refractivity contribution in [2.24, 2.45) is 7.05 Å². The van der Waals surface area contributed by atoms with Crippen molar-refractivity contribution in [3.05, 3.63) is 65.4 Å². The van der Waals surface area contributed by atoms with Crippen LogP contribution in [0, 0.1) is 13.8 Å². The zero-order chi connectivity index (χ0) is 15.0. The summed E-state index contributed by atoms with van der Waals surface area (Å²) in [7, 11) is 1.96. The molecule has 21 heavy (non-hydrogen) atoms. The van der Waals surface area contributed by atoms with Crippen LogP contribution in [-0.2, 0) is 7.05 Å². The van der Waals surface area contributed by atoms with Crippen LogP contribution in [0.3, 0.4) is 0 Å². The van der Waals surface area contributed by atoms with Crippen LogP contribution in [-0.4, -0.2) is 10.5 Å². The number of fused-ring (bicyclic) bond motifs is 1. The fourth-order valence-corrected chi connectivity index (χ4v) is 2.60. The molecule has 0 saturated carbocycles. The lowest BCUT2D eigenvalue weighted by Gasteiger charge is -2.11. The smallest absolute Gasteiger partial charge is 0.257 e. The van der Waals surface area contributed by atoms with Gasteiger partial charge in [0, 0.05) is 24.3 Å². The summed E-state index contributed by atoms with van der Waals surface area (Å²) in [5, 5.41) is 4.10. The lowest BCUT2D eigenvalue weighted by atomic mass is 10.1. The van der Waals surface area contributed by atoms with Gasteiger partial charge in [-0.05, 0) is 43.2 Å². The maximum atomic E-state index is 12.6. The molecule has 0 spiro atoms. The quantitative estimate of drug-likeness (QED) is 0.754. The normalized spacial score (nSPS) is 10.8. The van der Waals surface area contributed by atoms with E-state index in [1.54, 1.807) is 0 Å². The number of carbonyl (C=O) groups excluding carboxylic acids is 1. The number of aryl methyl sites for hydroxylation is 3. The van der Waals surface area contributed by atoms with Crippen LogP contribution < -0.4 is 5.32 Å². The number of nitrogens with one attached hydrogen (secondary N) is 1. The number of carbonyl (C=O) groups is 1. The lowest BCUT2D eigenvalue weighted by Crippen LogP contribution is -2.14. The predicted octanol–water partition coefficient (Wildman–Crippen LogP) is 4.05. The summed E-state index contributed by atoms with van der Waals surface area (Å²) in [5.74, 6) is -0.0731. The molecule has 0 aliphatic rings. The second-order valence-electron chi connectivity index (χ2n) is 5.44. The van der Waals surface area contributed by atoms with Crippen LogP contribution in [0.1, 0.15) is 21.5 Å². The van der Waals surface area contributed by atoms with Crippen molar-refractivity contribution in [1.29, 1.82) is 0 Å². The minimum atomic E-state index is -0.0731. The van der Waals surface area contributed by atoms with Crippen LogP contribution in [0.2, 0.25) is 0 Å². The molecule has 1 N–H and O–H groups in total. The third-order valence-corrected chi connectivity index (χ3v) is 3.78. The lowest BCUT2D eigenvalue weighted by molar-refractivity contribution is 0.102. The van der Waals surface area contributed by atoms with Crippen molar-refractivity contribution in [2.75, 3.05) is 5.32 Å². The summed E-state index contributed by atoms with van der Waals surface area (Å²) >= 11 is 0. The van der Waals surface area contributed by atoms with Crippen LogP contribution >= 0.6 is 0 Å². The molecule has 0 fully saturated rings. The Bertz CT molecular complexity index is 830. The number of nitrogens with zero attached hydrogens (tertiary/aromatic N) is 1. The molecule has 3 nitrogen and oxygen atoms in total. The average molecular weight is 278 g/mol. The van der Waals surface area contributed by atoms with Gasteiger partial charge in [0.2, 0.25) is 0 Å². The van der Waals surface area contributed by atoms with E-state index in [-0.39, 0.29) is 5.91 Å². The van der Waals surface area contributed by atoms with E-state index >= 15 is 0 Å². The molecular weight excluding hydrogens is 260 g/mol. The van der Waals surface area contributed by atoms with E-state index in [2.05, 4.69) is 5.32 Å². The monoisotopic (exact) mass is 278 g/mol. The van der Waals surface area contributed by atoms with Crippen molar-refractivity contribution in [3.63, 3.8) is 0 Å². The van der Waals surface area contributed by atoms with Gasteiger partial charge < -0.3 is 9.88 Å². The van der Waals surface area contributed by atoms with Crippen LogP contribution in [0.15, 0.2) is 48.7 Å². The standard InChI is InChI=1S/C18H18N2O/c1-12-7-8-13(2)16(11-12)19-18(21)15-6-4-5-14-9-10-20(3)17(14)15/h4-11H,1-3H3,(H,19,21). The van der Waals surface area contributed by atoms with Gasteiger partial charge in [0.05, 0.1) is 11.1 Å². The van der Waals surface area contributed by atoms with Gasteiger partial charge in [-0.1, -0.05) is 24.3 Å². The summed E-state index contributed by atoms with van der Waals surface area (Å²) in [6, 6.07) is 13.9. The maximum absolute atomic E-state index is 12.6. The van der Waals surface area contributed by atoms with Crippen molar-refractivity contribution in [3.8, 4) is 0 Å². The minimum Gasteiger partial charge on any atom is -0.350 e. The molecule has 1 amide bonds. The Hall–Kier alpha value is -2.55. The van der Waals surface area contributed by atoms with Gasteiger partial charge in [0.15, 0.2) is 0 Å². The van der Waals surface area contributed by atoms with Gasteiger partial charge in [-0.2, -0.15) is 0 Å². The molecule has 0 bridgehead atoms. The Morgan fingerprint density at radius 2 is 1.90 bits per heavy atom. The molecule has 2 aromatic carbocycles. The van der Waals surface area contributed by atoms with E-state index in [1.807, 2.05) is 74.1 Å². The zero-order valence-electron chi connectivity index (χ0n) is 12.5. The summed E-state index contributed by atoms with van der Waals surface area (Å²) < 4.78 is 1.98. The zero-order valence-corrected chi connectivity index (χ0v) is 12.5. The van der Waals surface area contributed by atoms with Crippen LogP contribution in [0.5, 0.6) is 0 Å². The van der Waals surface area contributed by atoms with Crippen LogP contribution in [0.25, 0.3) is 10.9 Å². The Labute approximate surface area is 124 Å². The molecule has 0 saturated heterocycles. The Morgan fingerprint density at radius 3 is 2.71 bits per heavy atom. The van der Waals surface area contributed by atoms with Crippen molar-refractivity contribution >= 4 is 22.5 Å². The molecule has 0 aliphatic heterocycles. The summed E-state index contributed by atoms with van der Waals surface area (Å²) in [5.41, 5.74) is 4.72. The highest BCUT2D eigenvalue weighted by Crippen LogP contribution is 2.22. The van der Waals surface area contributed by atoms with E-state index in [0.717, 1.165) is 27.7 Å². The first-order valence-corrected chi connectivity index (χ1v) is 6.99. The topological polar surface area (TPSA) is 34.0 Å². The molecule has 0 unspecified atom stereocenters. The molecule has 106 valence electrons. The summed E-state index contributed by atoms with van der Waals surface area (Å²) in [6.45, 7) is 4.02. The van der Waals surface area contributed by atoms with E-state index in [9.17, 15) is 4.79 Å². The first-order chi connectivity index (χ1) is 10.1. The van der Waals surface area contributed by atoms with Crippen LogP contribution in [0.4, 0.5) is 5.69 Å². The van der Waals surface area contributed by atoms with Gasteiger partial charge in [-0.15, -0.1) is 0 Å². The molecular formula is C18H18N2O. The Kier molecular flexibility index (Phi) is 3.26. The number of hydrogen-bond donors (Lipinski definition) is 1. The van der Waals surface area contributed by atoms with Crippen molar-refractivity contribution in [2.45, 2.75) is 13.8 Å². The minimum absolute atomic E-state index is 0.0731. The molecule has 0 radical (unpaired) electrons. The van der Waals surface area contributed by atoms with Gasteiger partial charge >= 0.3 is 0 Å². The Morgan fingerprint density at radius 1 is 1.10 bits per heavy atom. The third kappa shape index (κ3) is 2.42. The number of hydrogen-bond acceptors (Lipinski definition) is 1. The second-order valence-corrected chi connectivity index (χ2v) is 5.44. The number of para-hydroxylation sites is 1. The van der Waals surface area contributed by atoms with Gasteiger partial charge in [-0.25, -0.2) is 0 Å². The summed E-state index contributed by atoms with van der Waals surface area (Å²) in [6.07, 6.45) is 1.97.